The first-order valence-electron chi connectivity index (χ1n) is 9.11. The van der Waals surface area contributed by atoms with Crippen molar-refractivity contribution in [2.75, 3.05) is 18.1 Å². The first kappa shape index (κ1) is 19.4. The normalized spacial score (nSPS) is 22.0. The minimum absolute atomic E-state index is 0.00529. The summed E-state index contributed by atoms with van der Waals surface area (Å²) in [6, 6.07) is 1.45. The van der Waals surface area contributed by atoms with Crippen LogP contribution in [0.3, 0.4) is 0 Å². The zero-order valence-electron chi connectivity index (χ0n) is 15.2. The molecule has 0 saturated carbocycles. The van der Waals surface area contributed by atoms with Crippen LogP contribution in [0.2, 0.25) is 0 Å². The number of ether oxygens (including phenoxy) is 1. The Bertz CT molecular complexity index is 777. The Labute approximate surface area is 158 Å². The van der Waals surface area contributed by atoms with Crippen LogP contribution >= 0.6 is 11.3 Å². The third kappa shape index (κ3) is 4.11. The van der Waals surface area contributed by atoms with Crippen molar-refractivity contribution in [3.05, 3.63) is 21.4 Å². The van der Waals surface area contributed by atoms with Crippen molar-refractivity contribution in [2.45, 2.75) is 58.0 Å². The number of carbonyl (C=O) groups excluding carboxylic acids is 2. The highest BCUT2D eigenvalue weighted by molar-refractivity contribution is 7.91. The van der Waals surface area contributed by atoms with Gasteiger partial charge in [0.05, 0.1) is 11.5 Å². The van der Waals surface area contributed by atoms with Crippen LogP contribution in [-0.4, -0.2) is 55.4 Å². The number of fused-ring (bicyclic) bond motifs is 1. The van der Waals surface area contributed by atoms with Gasteiger partial charge in [-0.05, 0) is 50.7 Å². The topological polar surface area (TPSA) is 80.8 Å². The van der Waals surface area contributed by atoms with Crippen molar-refractivity contribution in [1.82, 2.24) is 4.90 Å². The van der Waals surface area contributed by atoms with Crippen LogP contribution in [0.1, 0.15) is 53.2 Å². The molecule has 1 aliphatic heterocycles. The first-order valence-corrected chi connectivity index (χ1v) is 11.7. The summed E-state index contributed by atoms with van der Waals surface area (Å²) in [6.07, 6.45) is 4.29. The third-order valence-electron chi connectivity index (χ3n) is 5.23. The van der Waals surface area contributed by atoms with Gasteiger partial charge in [-0.3, -0.25) is 4.79 Å². The van der Waals surface area contributed by atoms with E-state index in [0.717, 1.165) is 19.3 Å². The summed E-state index contributed by atoms with van der Waals surface area (Å²) >= 11 is 1.45. The van der Waals surface area contributed by atoms with Crippen LogP contribution in [-0.2, 0) is 32.2 Å². The van der Waals surface area contributed by atoms with Gasteiger partial charge in [0.25, 0.3) is 5.91 Å². The lowest BCUT2D eigenvalue weighted by molar-refractivity contribution is -0.138. The molecule has 2 aliphatic rings. The van der Waals surface area contributed by atoms with Crippen molar-refractivity contribution < 1.29 is 22.7 Å². The van der Waals surface area contributed by atoms with E-state index in [9.17, 15) is 18.0 Å². The highest BCUT2D eigenvalue weighted by Crippen LogP contribution is 2.31. The van der Waals surface area contributed by atoms with E-state index in [0.29, 0.717) is 17.7 Å². The Kier molecular flexibility index (Phi) is 5.72. The van der Waals surface area contributed by atoms with Gasteiger partial charge >= 0.3 is 5.97 Å². The lowest BCUT2D eigenvalue weighted by Gasteiger charge is -2.33. The van der Waals surface area contributed by atoms with Crippen molar-refractivity contribution >= 4 is 33.1 Å². The molecule has 26 heavy (non-hydrogen) atoms. The largest absolute Gasteiger partial charge is 0.451 e. The lowest BCUT2D eigenvalue weighted by Crippen LogP contribution is -2.48. The van der Waals surface area contributed by atoms with E-state index < -0.39 is 15.8 Å². The molecule has 1 fully saturated rings. The molecule has 3 rings (SSSR count). The fraction of sp³-hybridized carbons (Fsp3) is 0.667. The molecule has 1 amide bonds. The fourth-order valence-electron chi connectivity index (χ4n) is 3.70. The molecular formula is C18H25NO5S2. The molecule has 0 radical (unpaired) electrons. The number of sulfone groups is 1. The van der Waals surface area contributed by atoms with E-state index in [1.807, 2.05) is 19.9 Å². The van der Waals surface area contributed by atoms with Crippen molar-refractivity contribution in [3.8, 4) is 0 Å². The van der Waals surface area contributed by atoms with E-state index in [4.69, 9.17) is 4.74 Å². The highest BCUT2D eigenvalue weighted by atomic mass is 32.2. The predicted molar refractivity (Wildman–Crippen MR) is 100 cm³/mol. The number of carbonyl (C=O) groups is 2. The van der Waals surface area contributed by atoms with Gasteiger partial charge in [0, 0.05) is 17.0 Å². The molecular weight excluding hydrogens is 374 g/mol. The maximum absolute atomic E-state index is 12.7. The van der Waals surface area contributed by atoms with Gasteiger partial charge in [0.2, 0.25) is 0 Å². The molecule has 1 aliphatic carbocycles. The molecule has 8 heteroatoms. The number of rotatable bonds is 6. The third-order valence-corrected chi connectivity index (χ3v) is 8.20. The van der Waals surface area contributed by atoms with Crippen LogP contribution in [0, 0.1) is 0 Å². The Morgan fingerprint density at radius 1 is 1.38 bits per heavy atom. The minimum atomic E-state index is -3.09. The van der Waals surface area contributed by atoms with Crippen molar-refractivity contribution in [2.24, 2.45) is 0 Å². The van der Waals surface area contributed by atoms with Crippen LogP contribution in [0.4, 0.5) is 0 Å². The second kappa shape index (κ2) is 7.68. The van der Waals surface area contributed by atoms with Gasteiger partial charge in [-0.2, -0.15) is 0 Å². The summed E-state index contributed by atoms with van der Waals surface area (Å²) in [5.74, 6) is -0.688. The van der Waals surface area contributed by atoms with Gasteiger partial charge in [0.15, 0.2) is 16.4 Å². The number of nitrogens with zero attached hydrogens (tertiary/aromatic N) is 1. The zero-order chi connectivity index (χ0) is 18.9. The number of hydrogen-bond acceptors (Lipinski definition) is 6. The summed E-state index contributed by atoms with van der Waals surface area (Å²) in [4.78, 5) is 28.3. The maximum atomic E-state index is 12.7. The van der Waals surface area contributed by atoms with Gasteiger partial charge in [-0.25, -0.2) is 13.2 Å². The molecule has 0 N–H and O–H groups in total. The quantitative estimate of drug-likeness (QED) is 0.685. The predicted octanol–water partition coefficient (Wildman–Crippen LogP) is 2.21. The Morgan fingerprint density at radius 2 is 2.15 bits per heavy atom. The van der Waals surface area contributed by atoms with Crippen LogP contribution in [0.15, 0.2) is 6.07 Å². The Hall–Kier alpha value is -1.41. The van der Waals surface area contributed by atoms with E-state index in [-0.39, 0.29) is 36.1 Å². The van der Waals surface area contributed by atoms with Gasteiger partial charge in [-0.1, -0.05) is 6.92 Å². The van der Waals surface area contributed by atoms with Crippen molar-refractivity contribution in [3.63, 3.8) is 0 Å². The molecule has 0 aromatic carbocycles. The summed E-state index contributed by atoms with van der Waals surface area (Å²) < 4.78 is 28.8. The molecule has 0 bridgehead atoms. The van der Waals surface area contributed by atoms with Gasteiger partial charge in [0.1, 0.15) is 4.88 Å². The highest BCUT2D eigenvalue weighted by Gasteiger charge is 2.36. The second-order valence-electron chi connectivity index (χ2n) is 7.10. The van der Waals surface area contributed by atoms with Gasteiger partial charge in [-0.15, -0.1) is 11.3 Å². The van der Waals surface area contributed by atoms with E-state index in [2.05, 4.69) is 0 Å². The standard InChI is InChI=1S/C18H25NO5S2/c1-3-12(2)19(14-7-8-26(22,23)11-14)17(20)10-24-18(21)16-9-13-5-4-6-15(13)25-16/h9,12,14H,3-8,10-11H2,1-2H3/t12-,14+/m1/s1. The molecule has 1 aromatic heterocycles. The maximum Gasteiger partial charge on any atom is 0.348 e. The van der Waals surface area contributed by atoms with E-state index in [1.165, 1.54) is 21.8 Å². The monoisotopic (exact) mass is 399 g/mol. The number of hydrogen-bond donors (Lipinski definition) is 0. The number of amides is 1. The van der Waals surface area contributed by atoms with E-state index >= 15 is 0 Å². The number of aryl methyl sites for hydroxylation is 2. The first-order chi connectivity index (χ1) is 12.3. The summed E-state index contributed by atoms with van der Waals surface area (Å²) in [7, 11) is -3.09. The fourth-order valence-corrected chi connectivity index (χ4v) is 6.56. The Balaban J connectivity index is 1.62. The Morgan fingerprint density at radius 3 is 2.77 bits per heavy atom. The van der Waals surface area contributed by atoms with Crippen LogP contribution < -0.4 is 0 Å². The molecule has 6 nitrogen and oxygen atoms in total. The smallest absolute Gasteiger partial charge is 0.348 e. The summed E-state index contributed by atoms with van der Waals surface area (Å²) in [5.41, 5.74) is 1.21. The van der Waals surface area contributed by atoms with Crippen molar-refractivity contribution in [1.29, 1.82) is 0 Å². The van der Waals surface area contributed by atoms with Crippen LogP contribution in [0.25, 0.3) is 0 Å². The molecule has 1 saturated heterocycles. The average Bonchev–Trinajstić information content (AvgIpc) is 3.27. The zero-order valence-corrected chi connectivity index (χ0v) is 16.8. The second-order valence-corrected chi connectivity index (χ2v) is 10.5. The van der Waals surface area contributed by atoms with E-state index in [1.54, 1.807) is 4.90 Å². The summed E-state index contributed by atoms with van der Waals surface area (Å²) in [5, 5.41) is 0. The van der Waals surface area contributed by atoms with Gasteiger partial charge < -0.3 is 9.64 Å². The van der Waals surface area contributed by atoms with Crippen LogP contribution in [0.5, 0.6) is 0 Å². The number of thiophene rings is 1. The SMILES string of the molecule is CC[C@@H](C)N(C(=O)COC(=O)c1cc2c(s1)CCC2)[C@H]1CCS(=O)(=O)C1. The molecule has 2 atom stereocenters. The summed E-state index contributed by atoms with van der Waals surface area (Å²) in [6.45, 7) is 3.50. The minimum Gasteiger partial charge on any atom is -0.451 e. The molecule has 0 unspecified atom stereocenters. The molecule has 1 aromatic rings. The molecule has 2 heterocycles. The lowest BCUT2D eigenvalue weighted by atomic mass is 10.1. The molecule has 0 spiro atoms. The average molecular weight is 400 g/mol. The number of esters is 1. The molecule has 144 valence electrons.